The topological polar surface area (TPSA) is 120 Å². The fourth-order valence-electron chi connectivity index (χ4n) is 2.31. The summed E-state index contributed by atoms with van der Waals surface area (Å²) >= 11 is 0. The van der Waals surface area contributed by atoms with E-state index in [1.807, 2.05) is 0 Å². The molecule has 0 spiro atoms. The third-order valence-corrected chi connectivity index (χ3v) is 6.01. The minimum Gasteiger partial charge on any atom is -0.378 e. The van der Waals surface area contributed by atoms with Gasteiger partial charge in [-0.3, -0.25) is 14.2 Å². The number of carbonyl (C=O) groups excluding carboxylic acids is 2. The van der Waals surface area contributed by atoms with Crippen LogP contribution in [0.25, 0.3) is 0 Å². The molecule has 0 bridgehead atoms. The van der Waals surface area contributed by atoms with Crippen molar-refractivity contribution in [1.82, 2.24) is 10.2 Å². The molecule has 2 atom stereocenters. The number of ether oxygens (including phenoxy) is 1. The van der Waals surface area contributed by atoms with E-state index in [9.17, 15) is 14.2 Å². The summed E-state index contributed by atoms with van der Waals surface area (Å²) in [6.45, 7) is 8.47. The molecule has 0 aromatic heterocycles. The highest BCUT2D eigenvalue weighted by atomic mass is 31.2. The second-order valence-corrected chi connectivity index (χ2v) is 8.11. The smallest absolute Gasteiger partial charge is 0.362 e. The van der Waals surface area contributed by atoms with Gasteiger partial charge in [-0.1, -0.05) is 13.8 Å². The van der Waals surface area contributed by atoms with Crippen LogP contribution in [0, 0.1) is 5.92 Å². The molecule has 1 fully saturated rings. The Labute approximate surface area is 149 Å². The molecule has 1 rings (SSSR count). The van der Waals surface area contributed by atoms with Gasteiger partial charge >= 0.3 is 7.60 Å². The first-order valence-electron chi connectivity index (χ1n) is 8.58. The van der Waals surface area contributed by atoms with E-state index in [0.717, 1.165) is 0 Å². The number of hydrogen-bond acceptors (Lipinski definition) is 7. The minimum atomic E-state index is -3.90. The van der Waals surface area contributed by atoms with Crippen molar-refractivity contribution in [2.24, 2.45) is 11.7 Å². The Balaban J connectivity index is 3.08. The molecule has 0 unspecified atom stereocenters. The molecule has 0 aliphatic carbocycles. The van der Waals surface area contributed by atoms with Gasteiger partial charge in [-0.25, -0.2) is 0 Å². The zero-order valence-corrected chi connectivity index (χ0v) is 16.3. The maximum Gasteiger partial charge on any atom is 0.362 e. The highest BCUT2D eigenvalue weighted by Gasteiger charge is 2.45. The molecule has 0 aromatic rings. The molecule has 3 N–H and O–H groups in total. The highest BCUT2D eigenvalue weighted by molar-refractivity contribution is 7.55. The molecule has 1 aliphatic rings. The van der Waals surface area contributed by atoms with E-state index < -0.39 is 31.2 Å². The van der Waals surface area contributed by atoms with E-state index in [1.165, 1.54) is 4.90 Å². The molecular weight excluding hydrogens is 349 g/mol. The second kappa shape index (κ2) is 10.2. The second-order valence-electron chi connectivity index (χ2n) is 5.99. The lowest BCUT2D eigenvalue weighted by atomic mass is 10.1. The molecule has 1 saturated heterocycles. The number of morpholine rings is 1. The van der Waals surface area contributed by atoms with Crippen LogP contribution in [-0.4, -0.2) is 68.1 Å². The summed E-state index contributed by atoms with van der Waals surface area (Å²) in [5, 5.41) is 2.50. The van der Waals surface area contributed by atoms with Gasteiger partial charge in [0.2, 0.25) is 11.7 Å². The van der Waals surface area contributed by atoms with Crippen molar-refractivity contribution in [3.63, 3.8) is 0 Å². The predicted octanol–water partition coefficient (Wildman–Crippen LogP) is 0.537. The quantitative estimate of drug-likeness (QED) is 0.561. The highest BCUT2D eigenvalue weighted by Crippen LogP contribution is 2.52. The van der Waals surface area contributed by atoms with Gasteiger partial charge in [0.25, 0.3) is 5.91 Å². The number of rotatable bonds is 9. The van der Waals surface area contributed by atoms with Crippen LogP contribution in [0.4, 0.5) is 0 Å². The van der Waals surface area contributed by atoms with Crippen molar-refractivity contribution >= 4 is 19.4 Å². The normalized spacial score (nSPS) is 18.1. The van der Waals surface area contributed by atoms with E-state index in [1.54, 1.807) is 27.7 Å². The van der Waals surface area contributed by atoms with Crippen LogP contribution in [-0.2, 0) is 27.9 Å². The van der Waals surface area contributed by atoms with Crippen LogP contribution in [0.2, 0.25) is 0 Å². The van der Waals surface area contributed by atoms with Crippen molar-refractivity contribution < 1.29 is 27.9 Å². The van der Waals surface area contributed by atoms with Crippen LogP contribution < -0.4 is 11.1 Å². The Bertz CT molecular complexity index is 486. The molecule has 146 valence electrons. The third kappa shape index (κ3) is 6.04. The first kappa shape index (κ1) is 22.1. The number of nitrogens with two attached hydrogens (primary N) is 1. The summed E-state index contributed by atoms with van der Waals surface area (Å²) in [6.07, 6.45) is 0. The fourth-order valence-corrected chi connectivity index (χ4v) is 4.12. The van der Waals surface area contributed by atoms with Crippen LogP contribution in [0.5, 0.6) is 0 Å². The summed E-state index contributed by atoms with van der Waals surface area (Å²) < 4.78 is 28.9. The standard InChI is InChI=1S/C15H30N3O6P/c1-5-23-25(21,24-6-2)14(17-13(19)12(16)11(3)4)15(20)18-7-9-22-10-8-18/h11-12,14H,5-10,16H2,1-4H3,(H,17,19)/t12-,14-/m0/s1. The van der Waals surface area contributed by atoms with Gasteiger partial charge < -0.3 is 29.7 Å². The Morgan fingerprint density at radius 2 is 1.72 bits per heavy atom. The molecule has 2 amide bonds. The van der Waals surface area contributed by atoms with E-state index in [0.29, 0.717) is 26.3 Å². The molecule has 9 nitrogen and oxygen atoms in total. The van der Waals surface area contributed by atoms with Crippen molar-refractivity contribution in [2.75, 3.05) is 39.5 Å². The molecule has 10 heteroatoms. The van der Waals surface area contributed by atoms with E-state index in [-0.39, 0.29) is 19.1 Å². The van der Waals surface area contributed by atoms with Gasteiger partial charge in [0.1, 0.15) is 0 Å². The maximum atomic E-state index is 13.1. The van der Waals surface area contributed by atoms with Gasteiger partial charge in [-0.15, -0.1) is 0 Å². The van der Waals surface area contributed by atoms with Gasteiger partial charge in [0.15, 0.2) is 0 Å². The summed E-state index contributed by atoms with van der Waals surface area (Å²) in [4.78, 5) is 26.8. The van der Waals surface area contributed by atoms with Gasteiger partial charge in [0.05, 0.1) is 32.5 Å². The fraction of sp³-hybridized carbons (Fsp3) is 0.867. The van der Waals surface area contributed by atoms with Crippen LogP contribution in [0.15, 0.2) is 0 Å². The van der Waals surface area contributed by atoms with Crippen LogP contribution in [0.3, 0.4) is 0 Å². The molecule has 1 heterocycles. The number of carbonyl (C=O) groups is 2. The van der Waals surface area contributed by atoms with Crippen molar-refractivity contribution in [1.29, 1.82) is 0 Å². The van der Waals surface area contributed by atoms with Gasteiger partial charge in [0, 0.05) is 13.1 Å². The first-order valence-corrected chi connectivity index (χ1v) is 10.2. The van der Waals surface area contributed by atoms with E-state index >= 15 is 0 Å². The summed E-state index contributed by atoms with van der Waals surface area (Å²) in [5.41, 5.74) is 5.85. The SMILES string of the molecule is CCOP(=O)(OCC)[C@H](NC(=O)[C@@H](N)C(C)C)C(=O)N1CCOCC1. The average molecular weight is 379 g/mol. The predicted molar refractivity (Wildman–Crippen MR) is 93.0 cm³/mol. The molecule has 0 aromatic carbocycles. The zero-order valence-electron chi connectivity index (χ0n) is 15.4. The van der Waals surface area contributed by atoms with Crippen molar-refractivity contribution in [3.05, 3.63) is 0 Å². The molecular formula is C15H30N3O6P. The lowest BCUT2D eigenvalue weighted by Gasteiger charge is -2.33. The van der Waals surface area contributed by atoms with E-state index in [2.05, 4.69) is 5.32 Å². The van der Waals surface area contributed by atoms with E-state index in [4.69, 9.17) is 19.5 Å². The number of nitrogens with one attached hydrogen (secondary N) is 1. The Kier molecular flexibility index (Phi) is 9.02. The molecule has 0 saturated carbocycles. The van der Waals surface area contributed by atoms with Crippen LogP contribution >= 0.6 is 7.60 Å². The Morgan fingerprint density at radius 3 is 2.16 bits per heavy atom. The number of hydrogen-bond donors (Lipinski definition) is 2. The van der Waals surface area contributed by atoms with Crippen molar-refractivity contribution in [3.8, 4) is 0 Å². The lowest BCUT2D eigenvalue weighted by Crippen LogP contribution is -2.55. The van der Waals surface area contributed by atoms with Crippen LogP contribution in [0.1, 0.15) is 27.7 Å². The summed E-state index contributed by atoms with van der Waals surface area (Å²) in [5.74, 6) is -2.65. The maximum absolute atomic E-state index is 13.1. The summed E-state index contributed by atoms with van der Waals surface area (Å²) in [7, 11) is -3.90. The molecule has 1 aliphatic heterocycles. The first-order chi connectivity index (χ1) is 11.8. The average Bonchev–Trinajstić information content (AvgIpc) is 2.59. The molecule has 0 radical (unpaired) electrons. The zero-order chi connectivity index (χ0) is 19.0. The van der Waals surface area contributed by atoms with Gasteiger partial charge in [-0.2, -0.15) is 0 Å². The number of amides is 2. The summed E-state index contributed by atoms with van der Waals surface area (Å²) in [6, 6.07) is -0.836. The number of nitrogens with zero attached hydrogens (tertiary/aromatic N) is 1. The Hall–Kier alpha value is -0.990. The van der Waals surface area contributed by atoms with Gasteiger partial charge in [-0.05, 0) is 19.8 Å². The van der Waals surface area contributed by atoms with Crippen molar-refractivity contribution in [2.45, 2.75) is 39.5 Å². The Morgan fingerprint density at radius 1 is 1.20 bits per heavy atom. The largest absolute Gasteiger partial charge is 0.378 e. The lowest BCUT2D eigenvalue weighted by molar-refractivity contribution is -0.138. The monoisotopic (exact) mass is 379 g/mol. The third-order valence-electron chi connectivity index (χ3n) is 3.79. The minimum absolute atomic E-state index is 0.0796. The molecule has 25 heavy (non-hydrogen) atoms.